The Balaban J connectivity index is 1.01. The van der Waals surface area contributed by atoms with Crippen molar-refractivity contribution in [3.05, 3.63) is 71.6 Å². The van der Waals surface area contributed by atoms with E-state index in [1.54, 1.807) is 0 Å². The van der Waals surface area contributed by atoms with E-state index in [1.807, 2.05) is 47.6 Å². The number of carbonyl (C=O) groups excluding carboxylic acids is 1. The Labute approximate surface area is 210 Å². The van der Waals surface area contributed by atoms with E-state index >= 15 is 0 Å². The first kappa shape index (κ1) is 22.2. The summed E-state index contributed by atoms with van der Waals surface area (Å²) in [5.41, 5.74) is 8.11. The number of rotatable bonds is 5. The number of hydrogen-bond donors (Lipinski definition) is 2. The third-order valence-corrected chi connectivity index (χ3v) is 7.51. The van der Waals surface area contributed by atoms with Crippen LogP contribution in [0.5, 0.6) is 0 Å². The lowest BCUT2D eigenvalue weighted by atomic mass is 9.99. The normalized spacial score (nSPS) is 25.3. The number of halogens is 1. The van der Waals surface area contributed by atoms with Crippen molar-refractivity contribution in [2.45, 2.75) is 37.5 Å². The molecule has 4 aliphatic rings. The average Bonchev–Trinajstić information content (AvgIpc) is 3.52. The van der Waals surface area contributed by atoms with Crippen LogP contribution in [-0.4, -0.2) is 69.9 Å². The molecule has 2 aromatic rings. The molecule has 3 unspecified atom stereocenters. The second-order valence-corrected chi connectivity index (χ2v) is 9.74. The molecule has 182 valence electrons. The number of nitrogens with zero attached hydrogens (tertiary/aromatic N) is 6. The van der Waals surface area contributed by atoms with E-state index in [0.717, 1.165) is 49.3 Å². The van der Waals surface area contributed by atoms with Crippen LogP contribution >= 0.6 is 11.6 Å². The molecule has 2 saturated heterocycles. The fourth-order valence-corrected chi connectivity index (χ4v) is 5.45. The van der Waals surface area contributed by atoms with Gasteiger partial charge in [-0.3, -0.25) is 10.2 Å². The lowest BCUT2D eigenvalue weighted by molar-refractivity contribution is -0.131. The Morgan fingerprint density at radius 2 is 1.89 bits per heavy atom. The first-order chi connectivity index (χ1) is 17.2. The van der Waals surface area contributed by atoms with Crippen LogP contribution < -0.4 is 15.8 Å². The molecule has 3 atom stereocenters. The number of hydrazine groups is 1. The molecular formula is C25H29ClN8O. The van der Waals surface area contributed by atoms with E-state index in [4.69, 9.17) is 11.6 Å². The molecule has 5 heterocycles. The highest BCUT2D eigenvalue weighted by atomic mass is 35.5. The number of amidine groups is 1. The zero-order valence-electron chi connectivity index (χ0n) is 19.4. The van der Waals surface area contributed by atoms with E-state index in [1.165, 1.54) is 5.56 Å². The number of pyridine rings is 1. The second kappa shape index (κ2) is 9.39. The molecular weight excluding hydrogens is 464 g/mol. The van der Waals surface area contributed by atoms with Gasteiger partial charge in [-0.1, -0.05) is 29.8 Å². The zero-order valence-corrected chi connectivity index (χ0v) is 20.2. The van der Waals surface area contributed by atoms with Gasteiger partial charge in [0, 0.05) is 62.6 Å². The van der Waals surface area contributed by atoms with Crippen LogP contribution in [0.3, 0.4) is 0 Å². The van der Waals surface area contributed by atoms with Gasteiger partial charge < -0.3 is 19.7 Å². The number of amides is 1. The molecule has 2 fully saturated rings. The number of anilines is 1. The highest BCUT2D eigenvalue weighted by Crippen LogP contribution is 2.34. The molecule has 9 nitrogen and oxygen atoms in total. The Kier molecular flexibility index (Phi) is 5.95. The number of fused-ring (bicyclic) bond motifs is 3. The highest BCUT2D eigenvalue weighted by molar-refractivity contribution is 6.30. The van der Waals surface area contributed by atoms with Crippen molar-refractivity contribution in [1.29, 1.82) is 0 Å². The number of carbonyl (C=O) groups is 1. The number of benzene rings is 1. The topological polar surface area (TPSA) is 79.3 Å². The summed E-state index contributed by atoms with van der Waals surface area (Å²) >= 11 is 6.06. The van der Waals surface area contributed by atoms with E-state index < -0.39 is 0 Å². The number of hydrogen-bond acceptors (Lipinski definition) is 8. The summed E-state index contributed by atoms with van der Waals surface area (Å²) in [6.45, 7) is 3.06. The maximum absolute atomic E-state index is 12.9. The zero-order chi connectivity index (χ0) is 23.8. The standard InChI is InChI=1S/C25H29ClN8O/c26-19-6-4-18(5-7-19)20-17-21-25-29-28-23(33(25)15-16-34(21)30-20)8-9-24(35)32-13-11-31(12-14-32)22-3-1-2-10-27-22/h1-7,10,15-16,20-21,25,29-30H,8-9,11-14,17H2. The SMILES string of the molecule is O=C(CCC1=NNC2C3CC(c4ccc(Cl)cc4)NN3C=CN12)N1CCN(c2ccccn2)CC1. The van der Waals surface area contributed by atoms with E-state index in [0.29, 0.717) is 12.8 Å². The summed E-state index contributed by atoms with van der Waals surface area (Å²) in [5, 5.41) is 7.51. The van der Waals surface area contributed by atoms with Gasteiger partial charge in [-0.15, -0.1) is 0 Å². The van der Waals surface area contributed by atoms with Gasteiger partial charge in [0.05, 0.1) is 12.1 Å². The van der Waals surface area contributed by atoms with Crippen molar-refractivity contribution in [3.63, 3.8) is 0 Å². The summed E-state index contributed by atoms with van der Waals surface area (Å²) in [4.78, 5) is 23.7. The molecule has 0 bridgehead atoms. The van der Waals surface area contributed by atoms with Gasteiger partial charge >= 0.3 is 0 Å². The predicted molar refractivity (Wildman–Crippen MR) is 135 cm³/mol. The lowest BCUT2D eigenvalue weighted by Crippen LogP contribution is -2.54. The van der Waals surface area contributed by atoms with E-state index in [2.05, 4.69) is 54.1 Å². The molecule has 1 aromatic carbocycles. The molecule has 0 radical (unpaired) electrons. The van der Waals surface area contributed by atoms with Gasteiger partial charge in [0.25, 0.3) is 0 Å². The largest absolute Gasteiger partial charge is 0.353 e. The van der Waals surface area contributed by atoms with Crippen LogP contribution in [0.2, 0.25) is 5.02 Å². The van der Waals surface area contributed by atoms with Crippen LogP contribution in [0.1, 0.15) is 30.9 Å². The Morgan fingerprint density at radius 3 is 2.66 bits per heavy atom. The van der Waals surface area contributed by atoms with E-state index in [9.17, 15) is 4.79 Å². The Bertz CT molecular complexity index is 1120. The third-order valence-electron chi connectivity index (χ3n) is 7.26. The van der Waals surface area contributed by atoms with Crippen LogP contribution in [0.4, 0.5) is 5.82 Å². The quantitative estimate of drug-likeness (QED) is 0.664. The van der Waals surface area contributed by atoms with Crippen LogP contribution in [-0.2, 0) is 4.79 Å². The minimum atomic E-state index is 0.0526. The fraction of sp³-hybridized carbons (Fsp3) is 0.400. The molecule has 6 rings (SSSR count). The smallest absolute Gasteiger partial charge is 0.223 e. The minimum absolute atomic E-state index is 0.0526. The van der Waals surface area contributed by atoms with Gasteiger partial charge in [-0.2, -0.15) is 5.10 Å². The molecule has 0 spiro atoms. The summed E-state index contributed by atoms with van der Waals surface area (Å²) in [5.74, 6) is 2.08. The predicted octanol–water partition coefficient (Wildman–Crippen LogP) is 2.51. The van der Waals surface area contributed by atoms with Crippen molar-refractivity contribution in [3.8, 4) is 0 Å². The minimum Gasteiger partial charge on any atom is -0.353 e. The van der Waals surface area contributed by atoms with Crippen molar-refractivity contribution >= 4 is 29.2 Å². The Hall–Kier alpha value is -3.30. The van der Waals surface area contributed by atoms with Crippen LogP contribution in [0.15, 0.2) is 66.2 Å². The summed E-state index contributed by atoms with van der Waals surface area (Å²) < 4.78 is 0. The van der Waals surface area contributed by atoms with Gasteiger partial charge in [-0.05, 0) is 36.2 Å². The first-order valence-electron chi connectivity index (χ1n) is 12.2. The third kappa shape index (κ3) is 4.41. The maximum atomic E-state index is 12.9. The summed E-state index contributed by atoms with van der Waals surface area (Å²) in [6.07, 6.45) is 8.00. The van der Waals surface area contributed by atoms with Crippen molar-refractivity contribution in [2.24, 2.45) is 5.10 Å². The van der Waals surface area contributed by atoms with Crippen LogP contribution in [0, 0.1) is 0 Å². The van der Waals surface area contributed by atoms with Crippen LogP contribution in [0.25, 0.3) is 0 Å². The lowest BCUT2D eigenvalue weighted by Gasteiger charge is -2.37. The summed E-state index contributed by atoms with van der Waals surface area (Å²) in [6, 6.07) is 14.4. The van der Waals surface area contributed by atoms with Crippen molar-refractivity contribution in [2.75, 3.05) is 31.1 Å². The van der Waals surface area contributed by atoms with Gasteiger partial charge in [-0.25, -0.2) is 10.4 Å². The number of piperazine rings is 1. The molecule has 2 N–H and O–H groups in total. The van der Waals surface area contributed by atoms with Gasteiger partial charge in [0.15, 0.2) is 0 Å². The van der Waals surface area contributed by atoms with E-state index in [-0.39, 0.29) is 24.2 Å². The van der Waals surface area contributed by atoms with Crippen molar-refractivity contribution in [1.82, 2.24) is 30.6 Å². The number of hydrazone groups is 1. The fourth-order valence-electron chi connectivity index (χ4n) is 5.33. The molecule has 1 amide bonds. The molecule has 0 saturated carbocycles. The molecule has 10 heteroatoms. The molecule has 0 aliphatic carbocycles. The number of aromatic nitrogens is 1. The van der Waals surface area contributed by atoms with Gasteiger partial charge in [0.1, 0.15) is 17.8 Å². The van der Waals surface area contributed by atoms with Crippen molar-refractivity contribution < 1.29 is 4.79 Å². The van der Waals surface area contributed by atoms with Gasteiger partial charge in [0.2, 0.25) is 5.91 Å². The first-order valence-corrected chi connectivity index (χ1v) is 12.6. The highest BCUT2D eigenvalue weighted by Gasteiger charge is 2.44. The second-order valence-electron chi connectivity index (χ2n) is 9.31. The number of nitrogens with one attached hydrogen (secondary N) is 2. The average molecular weight is 493 g/mol. The Morgan fingerprint density at radius 1 is 1.06 bits per heavy atom. The molecule has 4 aliphatic heterocycles. The summed E-state index contributed by atoms with van der Waals surface area (Å²) in [7, 11) is 0. The molecule has 1 aromatic heterocycles. The monoisotopic (exact) mass is 492 g/mol. The molecule has 35 heavy (non-hydrogen) atoms. The maximum Gasteiger partial charge on any atom is 0.223 e.